The average molecular weight is 468 g/mol. The highest BCUT2D eigenvalue weighted by atomic mass is 32.1. The van der Waals surface area contributed by atoms with Gasteiger partial charge in [0.1, 0.15) is 0 Å². The minimum atomic E-state index is 0.389. The normalized spacial score (nSPS) is 11.8. The lowest BCUT2D eigenvalue weighted by Gasteiger charge is -2.11. The molecule has 0 spiro atoms. The van der Waals surface area contributed by atoms with E-state index in [1.54, 1.807) is 7.05 Å². The van der Waals surface area contributed by atoms with E-state index in [4.69, 9.17) is 24.4 Å². The van der Waals surface area contributed by atoms with Gasteiger partial charge in [0.05, 0.1) is 11.4 Å². The van der Waals surface area contributed by atoms with Gasteiger partial charge in [0, 0.05) is 32.5 Å². The van der Waals surface area contributed by atoms with Crippen LogP contribution in [0.3, 0.4) is 0 Å². The summed E-state index contributed by atoms with van der Waals surface area (Å²) in [6.45, 7) is 3.65. The van der Waals surface area contributed by atoms with Crippen molar-refractivity contribution in [3.8, 4) is 0 Å². The van der Waals surface area contributed by atoms with E-state index in [2.05, 4.69) is 73.0 Å². The fourth-order valence-electron chi connectivity index (χ4n) is 2.40. The number of hydrogen-bond acceptors (Lipinski definition) is 5. The largest absolute Gasteiger partial charge is 0.378 e. The summed E-state index contributed by atoms with van der Waals surface area (Å²) in [6, 6.07) is 16.4. The molecule has 0 saturated heterocycles. The molecule has 0 aliphatic carbocycles. The van der Waals surface area contributed by atoms with Gasteiger partial charge in [-0.25, -0.2) is 0 Å². The first-order valence-corrected chi connectivity index (χ1v) is 10.8. The molecule has 0 aromatic heterocycles. The van der Waals surface area contributed by atoms with Gasteiger partial charge in [0.2, 0.25) is 0 Å². The molecule has 0 bridgehead atoms. The van der Waals surface area contributed by atoms with Gasteiger partial charge in [-0.3, -0.25) is 10.9 Å². The van der Waals surface area contributed by atoms with Crippen LogP contribution in [0.2, 0.25) is 0 Å². The van der Waals surface area contributed by atoms with E-state index >= 15 is 0 Å². The molecule has 0 unspecified atom stereocenters. The average Bonchev–Trinajstić information content (AvgIpc) is 2.80. The Morgan fingerprint density at radius 1 is 0.781 bits per heavy atom. The Morgan fingerprint density at radius 3 is 1.72 bits per heavy atom. The molecule has 2 aromatic carbocycles. The lowest BCUT2D eigenvalue weighted by molar-refractivity contribution is 0.974. The van der Waals surface area contributed by atoms with Crippen molar-refractivity contribution in [2.24, 2.45) is 10.2 Å². The lowest BCUT2D eigenvalue weighted by atomic mass is 10.1. The van der Waals surface area contributed by atoms with Crippen molar-refractivity contribution < 1.29 is 0 Å². The summed E-state index contributed by atoms with van der Waals surface area (Å²) in [7, 11) is 5.79. The number of thiocarbonyl (C=S) groups is 2. The van der Waals surface area contributed by atoms with E-state index in [1.807, 2.05) is 52.2 Å². The van der Waals surface area contributed by atoms with Gasteiger partial charge in [-0.15, -0.1) is 0 Å². The van der Waals surface area contributed by atoms with E-state index in [0.717, 1.165) is 16.8 Å². The second-order valence-corrected chi connectivity index (χ2v) is 7.91. The van der Waals surface area contributed by atoms with Gasteiger partial charge in [0.15, 0.2) is 10.2 Å². The van der Waals surface area contributed by atoms with Gasteiger partial charge in [-0.05, 0) is 73.7 Å². The minimum absolute atomic E-state index is 0.389. The van der Waals surface area contributed by atoms with Crippen molar-refractivity contribution >= 4 is 69.6 Å². The van der Waals surface area contributed by atoms with E-state index in [1.165, 1.54) is 5.69 Å². The number of hydrogen-bond donors (Lipinski definition) is 4. The van der Waals surface area contributed by atoms with Gasteiger partial charge >= 0.3 is 0 Å². The Balaban J connectivity index is 1.88. The summed E-state index contributed by atoms with van der Waals surface area (Å²) in [5, 5.41) is 15.1. The summed E-state index contributed by atoms with van der Waals surface area (Å²) in [6.07, 6.45) is 4.17. The molecule has 2 aromatic rings. The zero-order chi connectivity index (χ0) is 23.5. The van der Waals surface area contributed by atoms with E-state index < -0.39 is 0 Å². The SMILES string of the molecule is CNC(=S)N/N=C(C)/C(C)=N\NC(=S)Nc1ccc(/C=C/c2ccc(N(C)C)cc2)cc1. The minimum Gasteiger partial charge on any atom is -0.378 e. The summed E-state index contributed by atoms with van der Waals surface area (Å²) in [5.74, 6) is 0. The highest BCUT2D eigenvalue weighted by molar-refractivity contribution is 7.80. The zero-order valence-electron chi connectivity index (χ0n) is 18.9. The number of nitrogens with one attached hydrogen (secondary N) is 4. The van der Waals surface area contributed by atoms with Crippen molar-refractivity contribution in [3.63, 3.8) is 0 Å². The molecule has 0 aliphatic heterocycles. The molecule has 32 heavy (non-hydrogen) atoms. The van der Waals surface area contributed by atoms with Crippen LogP contribution in [0.5, 0.6) is 0 Å². The number of nitrogens with zero attached hydrogens (tertiary/aromatic N) is 3. The monoisotopic (exact) mass is 467 g/mol. The Morgan fingerprint density at radius 2 is 1.25 bits per heavy atom. The molecule has 0 aliphatic rings. The van der Waals surface area contributed by atoms with Crippen molar-refractivity contribution in [1.82, 2.24) is 16.2 Å². The maximum atomic E-state index is 5.31. The number of benzene rings is 2. The van der Waals surface area contributed by atoms with Crippen LogP contribution in [0, 0.1) is 0 Å². The smallest absolute Gasteiger partial charge is 0.191 e. The Kier molecular flexibility index (Phi) is 9.77. The Hall–Kier alpha value is -3.30. The third-order valence-corrected chi connectivity index (χ3v) is 4.94. The first kappa shape index (κ1) is 25.0. The van der Waals surface area contributed by atoms with Crippen LogP contribution in [0.4, 0.5) is 11.4 Å². The molecule has 0 amide bonds. The molecular weight excluding hydrogens is 438 g/mol. The standard InChI is InChI=1S/C23H29N7S2/c1-16(26-28-22(31)24-3)17(2)27-29-23(32)25-20-12-8-18(9-13-20)6-7-19-10-14-21(15-11-19)30(4)5/h6-15H,1-5H3,(H2,24,28,31)(H2,25,29,32)/b7-6+,26-16+,27-17-. The van der Waals surface area contributed by atoms with E-state index in [0.29, 0.717) is 21.6 Å². The van der Waals surface area contributed by atoms with E-state index in [-0.39, 0.29) is 0 Å². The van der Waals surface area contributed by atoms with Crippen LogP contribution in [0.15, 0.2) is 58.7 Å². The zero-order valence-corrected chi connectivity index (χ0v) is 20.6. The first-order chi connectivity index (χ1) is 15.3. The molecule has 0 heterocycles. The molecule has 0 fully saturated rings. The van der Waals surface area contributed by atoms with Gasteiger partial charge < -0.3 is 15.5 Å². The maximum absolute atomic E-state index is 5.31. The fraction of sp³-hybridized carbons (Fsp3) is 0.217. The second-order valence-electron chi connectivity index (χ2n) is 7.09. The number of anilines is 2. The van der Waals surface area contributed by atoms with Crippen molar-refractivity contribution in [2.75, 3.05) is 31.4 Å². The molecule has 0 saturated carbocycles. The van der Waals surface area contributed by atoms with Gasteiger partial charge in [-0.2, -0.15) is 10.2 Å². The quantitative estimate of drug-likeness (QED) is 0.212. The lowest BCUT2D eigenvalue weighted by Crippen LogP contribution is -2.30. The summed E-state index contributed by atoms with van der Waals surface area (Å²) in [4.78, 5) is 2.08. The predicted octanol–water partition coefficient (Wildman–Crippen LogP) is 4.06. The first-order valence-electron chi connectivity index (χ1n) is 9.97. The van der Waals surface area contributed by atoms with Crippen LogP contribution >= 0.6 is 24.4 Å². The highest BCUT2D eigenvalue weighted by Crippen LogP contribution is 2.16. The number of rotatable bonds is 7. The molecular formula is C23H29N7S2. The van der Waals surface area contributed by atoms with Crippen LogP contribution in [-0.4, -0.2) is 42.8 Å². The van der Waals surface area contributed by atoms with Gasteiger partial charge in [-0.1, -0.05) is 36.4 Å². The second kappa shape index (κ2) is 12.5. The molecule has 0 atom stereocenters. The molecule has 2 rings (SSSR count). The van der Waals surface area contributed by atoms with Crippen molar-refractivity contribution in [2.45, 2.75) is 13.8 Å². The van der Waals surface area contributed by atoms with Crippen LogP contribution in [-0.2, 0) is 0 Å². The topological polar surface area (TPSA) is 76.1 Å². The molecule has 9 heteroatoms. The van der Waals surface area contributed by atoms with Gasteiger partial charge in [0.25, 0.3) is 0 Å². The molecule has 7 nitrogen and oxygen atoms in total. The molecule has 0 radical (unpaired) electrons. The van der Waals surface area contributed by atoms with Crippen LogP contribution in [0.1, 0.15) is 25.0 Å². The van der Waals surface area contributed by atoms with Crippen LogP contribution < -0.4 is 26.4 Å². The van der Waals surface area contributed by atoms with Crippen LogP contribution in [0.25, 0.3) is 12.2 Å². The summed E-state index contributed by atoms with van der Waals surface area (Å²) >= 11 is 10.3. The molecule has 4 N–H and O–H groups in total. The maximum Gasteiger partial charge on any atom is 0.191 e. The van der Waals surface area contributed by atoms with Crippen molar-refractivity contribution in [1.29, 1.82) is 0 Å². The Bertz CT molecular complexity index is 1010. The Labute approximate surface area is 200 Å². The third kappa shape index (κ3) is 8.44. The fourth-order valence-corrected chi connectivity index (χ4v) is 2.61. The summed E-state index contributed by atoms with van der Waals surface area (Å²) < 4.78 is 0. The third-order valence-electron chi connectivity index (χ3n) is 4.45. The predicted molar refractivity (Wildman–Crippen MR) is 147 cm³/mol. The van der Waals surface area contributed by atoms with Crippen molar-refractivity contribution in [3.05, 3.63) is 59.7 Å². The molecule has 168 valence electrons. The highest BCUT2D eigenvalue weighted by Gasteiger charge is 2.01. The number of hydrazone groups is 2. The van der Waals surface area contributed by atoms with E-state index in [9.17, 15) is 0 Å². The summed E-state index contributed by atoms with van der Waals surface area (Å²) in [5.41, 5.74) is 11.2.